The molecule has 2 unspecified atom stereocenters. The largest absolute Gasteiger partial charge is 0.481 e. The first-order chi connectivity index (χ1) is 20.8. The summed E-state index contributed by atoms with van der Waals surface area (Å²) in [7, 11) is 2.03. The highest BCUT2D eigenvalue weighted by Crippen LogP contribution is 2.61. The molecule has 44 heavy (non-hydrogen) atoms. The number of nitrogens with one attached hydrogen (secondary N) is 2. The van der Waals surface area contributed by atoms with Crippen LogP contribution in [0.15, 0.2) is 36.5 Å². The smallest absolute Gasteiger partial charge is 0.309 e. The van der Waals surface area contributed by atoms with Crippen LogP contribution in [0.1, 0.15) is 83.1 Å². The number of benzene rings is 1. The minimum atomic E-state index is -0.659. The molecule has 3 N–H and O–H groups in total. The molecule has 2 aromatic rings. The SMILES string of the molecule is CN1CC(c2cccc(Cl)c2F)C(C(=O)Nc2ccnc(Cl)c2)C12CC(C)(C)C2.O=CNCCCC1(C(=O)O)CCCCC1. The number of amides is 2. The van der Waals surface area contributed by atoms with Crippen LogP contribution in [0.5, 0.6) is 0 Å². The molecule has 1 spiro atoms. The van der Waals surface area contributed by atoms with Gasteiger partial charge in [-0.1, -0.05) is 68.4 Å². The molecule has 0 bridgehead atoms. The van der Waals surface area contributed by atoms with Crippen molar-refractivity contribution in [2.75, 3.05) is 25.5 Å². The van der Waals surface area contributed by atoms with Gasteiger partial charge in [0.1, 0.15) is 11.0 Å². The Labute approximate surface area is 269 Å². The fraction of sp³-hybridized carbons (Fsp3) is 0.576. The van der Waals surface area contributed by atoms with E-state index in [0.29, 0.717) is 42.3 Å². The number of anilines is 1. The van der Waals surface area contributed by atoms with Crippen LogP contribution >= 0.6 is 23.2 Å². The molecule has 1 aromatic carbocycles. The third-order valence-corrected chi connectivity index (χ3v) is 10.3. The Bertz CT molecular complexity index is 1340. The summed E-state index contributed by atoms with van der Waals surface area (Å²) >= 11 is 12.0. The molecule has 2 aliphatic carbocycles. The molecule has 2 saturated carbocycles. The van der Waals surface area contributed by atoms with E-state index in [1.807, 2.05) is 7.05 Å². The van der Waals surface area contributed by atoms with Crippen LogP contribution < -0.4 is 10.6 Å². The van der Waals surface area contributed by atoms with Gasteiger partial charge in [0.2, 0.25) is 12.3 Å². The van der Waals surface area contributed by atoms with Crippen LogP contribution in [0.4, 0.5) is 10.1 Å². The topological polar surface area (TPSA) is 112 Å². The van der Waals surface area contributed by atoms with E-state index in [4.69, 9.17) is 23.2 Å². The molecule has 2 heterocycles. The van der Waals surface area contributed by atoms with Gasteiger partial charge in [0.05, 0.1) is 16.4 Å². The Morgan fingerprint density at radius 2 is 1.86 bits per heavy atom. The molecule has 2 atom stereocenters. The van der Waals surface area contributed by atoms with Crippen LogP contribution in [-0.2, 0) is 14.4 Å². The molecular weight excluding hydrogens is 606 g/mol. The van der Waals surface area contributed by atoms with E-state index in [0.717, 1.165) is 51.4 Å². The zero-order valence-corrected chi connectivity index (χ0v) is 27.2. The van der Waals surface area contributed by atoms with Crippen molar-refractivity contribution in [3.8, 4) is 0 Å². The van der Waals surface area contributed by atoms with Gasteiger partial charge in [-0.3, -0.25) is 19.3 Å². The number of carboxylic acid groups (broad SMARTS) is 1. The quantitative estimate of drug-likeness (QED) is 0.155. The molecule has 1 saturated heterocycles. The number of carboxylic acids is 1. The van der Waals surface area contributed by atoms with Crippen molar-refractivity contribution >= 4 is 47.2 Å². The van der Waals surface area contributed by atoms with Gasteiger partial charge in [-0.25, -0.2) is 9.37 Å². The van der Waals surface area contributed by atoms with E-state index in [9.17, 15) is 23.9 Å². The fourth-order valence-electron chi connectivity index (χ4n) is 7.89. The number of carbonyl (C=O) groups excluding carboxylic acids is 2. The first-order valence-corrected chi connectivity index (χ1v) is 16.1. The van der Waals surface area contributed by atoms with Crippen molar-refractivity contribution in [1.82, 2.24) is 15.2 Å². The maximum Gasteiger partial charge on any atom is 0.309 e. The normalized spacial score (nSPS) is 23.1. The Morgan fingerprint density at radius 1 is 1.16 bits per heavy atom. The summed E-state index contributed by atoms with van der Waals surface area (Å²) in [6.07, 6.45) is 10.2. The number of aromatic nitrogens is 1. The van der Waals surface area contributed by atoms with Crippen molar-refractivity contribution in [1.29, 1.82) is 0 Å². The van der Waals surface area contributed by atoms with Crippen molar-refractivity contribution in [3.05, 3.63) is 58.1 Å². The molecule has 1 aromatic heterocycles. The Morgan fingerprint density at radius 3 is 2.48 bits per heavy atom. The Balaban J connectivity index is 0.000000249. The number of aliphatic carboxylic acids is 1. The van der Waals surface area contributed by atoms with Crippen molar-refractivity contribution in [2.24, 2.45) is 16.7 Å². The number of likely N-dealkylation sites (tertiary alicyclic amines) is 1. The summed E-state index contributed by atoms with van der Waals surface area (Å²) in [5.74, 6) is -1.91. The molecule has 2 amide bonds. The lowest BCUT2D eigenvalue weighted by Crippen LogP contribution is -2.61. The first kappa shape index (κ1) is 34.1. The van der Waals surface area contributed by atoms with E-state index in [1.165, 1.54) is 6.07 Å². The van der Waals surface area contributed by atoms with Gasteiger partial charge in [-0.05, 0) is 74.8 Å². The second kappa shape index (κ2) is 14.1. The number of hydrogen-bond acceptors (Lipinski definition) is 5. The molecule has 8 nitrogen and oxygen atoms in total. The molecular formula is C33H43Cl2FN4O4. The summed E-state index contributed by atoms with van der Waals surface area (Å²) in [5, 5.41) is 15.2. The number of pyridine rings is 1. The number of carbonyl (C=O) groups is 3. The highest BCUT2D eigenvalue weighted by atomic mass is 35.5. The van der Waals surface area contributed by atoms with Crippen LogP contribution in [-0.4, -0.2) is 59.0 Å². The zero-order chi connectivity index (χ0) is 32.1. The number of halogens is 3. The second-order valence-corrected chi connectivity index (χ2v) is 14.2. The van der Waals surface area contributed by atoms with Crippen molar-refractivity contribution in [3.63, 3.8) is 0 Å². The standard InChI is InChI=1S/C22H24Cl2FN3O.C11H19NO3/c1-21(2)11-22(12-21)18(20(29)27-13-7-8-26-17(24)9-13)15(10-28(22)3)14-5-4-6-16(23)19(14)25;13-9-12-8-4-7-11(10(14)15)5-2-1-3-6-11/h4-9,15,18H,10-12H2,1-3H3,(H,26,27,29);9H,1-8H2,(H,12,13)(H,14,15). The maximum atomic E-state index is 14.9. The predicted octanol–water partition coefficient (Wildman–Crippen LogP) is 6.92. The van der Waals surface area contributed by atoms with Crippen LogP contribution in [0.25, 0.3) is 0 Å². The van der Waals surface area contributed by atoms with Gasteiger partial charge in [-0.15, -0.1) is 0 Å². The summed E-state index contributed by atoms with van der Waals surface area (Å²) in [6.45, 7) is 5.59. The van der Waals surface area contributed by atoms with Crippen molar-refractivity contribution < 1.29 is 23.9 Å². The maximum absolute atomic E-state index is 14.9. The highest BCUT2D eigenvalue weighted by molar-refractivity contribution is 6.30. The lowest BCUT2D eigenvalue weighted by atomic mass is 9.53. The summed E-state index contributed by atoms with van der Waals surface area (Å²) in [6, 6.07) is 8.34. The molecule has 5 rings (SSSR count). The summed E-state index contributed by atoms with van der Waals surface area (Å²) in [4.78, 5) is 41.0. The molecule has 3 fully saturated rings. The number of rotatable bonds is 9. The van der Waals surface area contributed by atoms with E-state index in [2.05, 4.69) is 34.4 Å². The monoisotopic (exact) mass is 648 g/mol. The molecule has 1 aliphatic heterocycles. The molecule has 240 valence electrons. The Kier molecular flexibility index (Phi) is 11.0. The third kappa shape index (κ3) is 7.37. The predicted molar refractivity (Wildman–Crippen MR) is 170 cm³/mol. The minimum Gasteiger partial charge on any atom is -0.481 e. The average Bonchev–Trinajstić information content (AvgIpc) is 3.24. The van der Waals surface area contributed by atoms with E-state index in [1.54, 1.807) is 30.5 Å². The van der Waals surface area contributed by atoms with Gasteiger partial charge in [0, 0.05) is 36.4 Å². The van der Waals surface area contributed by atoms with Crippen LogP contribution in [0, 0.1) is 22.6 Å². The molecule has 0 radical (unpaired) electrons. The third-order valence-electron chi connectivity index (χ3n) is 9.76. The number of likely N-dealkylation sites (N-methyl/N-ethyl adjacent to an activating group) is 1. The summed E-state index contributed by atoms with van der Waals surface area (Å²) < 4.78 is 14.9. The number of hydrogen-bond donors (Lipinski definition) is 3. The van der Waals surface area contributed by atoms with Crippen molar-refractivity contribution in [2.45, 2.75) is 83.1 Å². The molecule has 3 aliphatic rings. The lowest BCUT2D eigenvalue weighted by molar-refractivity contribution is -0.151. The van der Waals surface area contributed by atoms with Gasteiger partial charge < -0.3 is 15.7 Å². The zero-order valence-electron chi connectivity index (χ0n) is 25.7. The molecule has 11 heteroatoms. The summed E-state index contributed by atoms with van der Waals surface area (Å²) in [5.41, 5.74) is 0.420. The van der Waals surface area contributed by atoms with Crippen LogP contribution in [0.2, 0.25) is 10.2 Å². The lowest BCUT2D eigenvalue weighted by Gasteiger charge is -2.57. The van der Waals surface area contributed by atoms with Gasteiger partial charge >= 0.3 is 5.97 Å². The second-order valence-electron chi connectivity index (χ2n) is 13.4. The first-order valence-electron chi connectivity index (χ1n) is 15.3. The van der Waals surface area contributed by atoms with E-state index >= 15 is 0 Å². The number of nitrogens with zero attached hydrogens (tertiary/aromatic N) is 2. The average molecular weight is 650 g/mol. The van der Waals surface area contributed by atoms with Gasteiger partial charge in [0.25, 0.3) is 0 Å². The minimum absolute atomic E-state index is 0.0834. The Hall–Kier alpha value is -2.75. The highest BCUT2D eigenvalue weighted by Gasteiger charge is 2.64. The fourth-order valence-corrected chi connectivity index (χ4v) is 8.24. The van der Waals surface area contributed by atoms with E-state index in [-0.39, 0.29) is 27.8 Å². The van der Waals surface area contributed by atoms with Gasteiger partial charge in [0.15, 0.2) is 0 Å². The van der Waals surface area contributed by atoms with E-state index < -0.39 is 23.1 Å². The van der Waals surface area contributed by atoms with Gasteiger partial charge in [-0.2, -0.15) is 0 Å². The van der Waals surface area contributed by atoms with Crippen LogP contribution in [0.3, 0.4) is 0 Å².